The molecule has 0 aliphatic carbocycles. The third kappa shape index (κ3) is 5.34. The molecule has 0 amide bonds. The van der Waals surface area contributed by atoms with Gasteiger partial charge in [0.05, 0.1) is 18.4 Å². The number of aromatic nitrogens is 1. The second-order valence-corrected chi connectivity index (χ2v) is 7.82. The molecule has 25 heavy (non-hydrogen) atoms. The Bertz CT molecular complexity index is 754. The van der Waals surface area contributed by atoms with Crippen LogP contribution in [0, 0.1) is 0 Å². The Kier molecular flexibility index (Phi) is 6.14. The van der Waals surface area contributed by atoms with Crippen LogP contribution in [0.5, 0.6) is 0 Å². The predicted octanol–water partition coefficient (Wildman–Crippen LogP) is 2.10. The highest BCUT2D eigenvalue weighted by atomic mass is 32.2. The van der Waals surface area contributed by atoms with E-state index >= 15 is 0 Å². The first-order chi connectivity index (χ1) is 12.1. The van der Waals surface area contributed by atoms with Crippen LogP contribution in [0.15, 0.2) is 54.7 Å². The quantitative estimate of drug-likeness (QED) is 0.820. The van der Waals surface area contributed by atoms with Gasteiger partial charge in [-0.25, -0.2) is 0 Å². The van der Waals surface area contributed by atoms with Crippen LogP contribution >= 0.6 is 0 Å². The van der Waals surface area contributed by atoms with Gasteiger partial charge in [0.2, 0.25) is 0 Å². The van der Waals surface area contributed by atoms with Crippen molar-refractivity contribution in [1.82, 2.24) is 14.0 Å². The average Bonchev–Trinajstić information content (AvgIpc) is 2.67. The molecule has 1 aliphatic heterocycles. The lowest BCUT2D eigenvalue weighted by Gasteiger charge is -2.31. The Morgan fingerprint density at radius 1 is 1.16 bits per heavy atom. The van der Waals surface area contributed by atoms with E-state index in [0.29, 0.717) is 26.2 Å². The second-order valence-electron chi connectivity index (χ2n) is 6.07. The smallest absolute Gasteiger partial charge is 0.279 e. The van der Waals surface area contributed by atoms with Crippen molar-refractivity contribution < 1.29 is 13.2 Å². The Morgan fingerprint density at radius 3 is 2.72 bits per heavy atom. The van der Waals surface area contributed by atoms with Gasteiger partial charge in [-0.3, -0.25) is 4.98 Å². The standard InChI is InChI=1S/C18H23N3O3S/c22-25(23,20-13-16-7-2-1-3-8-16)21-12-6-10-18(14-21)24-15-17-9-4-5-11-19-17/h1-5,7-9,11,18,20H,6,10,12-15H2/t18-/m1/s1. The van der Waals surface area contributed by atoms with E-state index < -0.39 is 10.2 Å². The highest BCUT2D eigenvalue weighted by molar-refractivity contribution is 7.87. The molecule has 0 radical (unpaired) electrons. The molecule has 1 aromatic heterocycles. The Balaban J connectivity index is 1.52. The number of ether oxygens (including phenoxy) is 1. The number of rotatable bonds is 7. The molecule has 1 saturated heterocycles. The minimum atomic E-state index is -3.51. The average molecular weight is 361 g/mol. The number of pyridine rings is 1. The van der Waals surface area contributed by atoms with Crippen LogP contribution in [-0.4, -0.2) is 36.9 Å². The van der Waals surface area contributed by atoms with Gasteiger partial charge >= 0.3 is 0 Å². The van der Waals surface area contributed by atoms with Gasteiger partial charge in [-0.2, -0.15) is 17.4 Å². The van der Waals surface area contributed by atoms with Crippen molar-refractivity contribution in [3.05, 3.63) is 66.0 Å². The number of nitrogens with zero attached hydrogens (tertiary/aromatic N) is 2. The lowest BCUT2D eigenvalue weighted by molar-refractivity contribution is 0.00642. The molecule has 1 aromatic carbocycles. The van der Waals surface area contributed by atoms with Gasteiger partial charge in [0.15, 0.2) is 0 Å². The van der Waals surface area contributed by atoms with Gasteiger partial charge < -0.3 is 4.74 Å². The Hall–Kier alpha value is -1.80. The van der Waals surface area contributed by atoms with E-state index in [-0.39, 0.29) is 6.10 Å². The fourth-order valence-corrected chi connectivity index (χ4v) is 4.07. The fourth-order valence-electron chi connectivity index (χ4n) is 2.81. The first-order valence-corrected chi connectivity index (χ1v) is 9.88. The van der Waals surface area contributed by atoms with Gasteiger partial charge in [0.25, 0.3) is 10.2 Å². The number of nitrogens with one attached hydrogen (secondary N) is 1. The number of piperidine rings is 1. The van der Waals surface area contributed by atoms with Crippen LogP contribution in [0.2, 0.25) is 0 Å². The largest absolute Gasteiger partial charge is 0.371 e. The van der Waals surface area contributed by atoms with Crippen molar-refractivity contribution in [2.45, 2.75) is 32.1 Å². The molecule has 2 aromatic rings. The molecule has 2 heterocycles. The lowest BCUT2D eigenvalue weighted by atomic mass is 10.1. The van der Waals surface area contributed by atoms with Gasteiger partial charge in [0.1, 0.15) is 0 Å². The number of hydrogen-bond acceptors (Lipinski definition) is 4. The van der Waals surface area contributed by atoms with Crippen LogP contribution in [0.3, 0.4) is 0 Å². The van der Waals surface area contributed by atoms with Gasteiger partial charge in [-0.1, -0.05) is 36.4 Å². The van der Waals surface area contributed by atoms with Crippen LogP contribution in [0.4, 0.5) is 0 Å². The van der Waals surface area contributed by atoms with Gasteiger partial charge in [0, 0.05) is 25.8 Å². The SMILES string of the molecule is O=S(=O)(NCc1ccccc1)N1CCC[C@@H](OCc2ccccn2)C1. The van der Waals surface area contributed by atoms with Gasteiger partial charge in [-0.15, -0.1) is 0 Å². The highest BCUT2D eigenvalue weighted by Crippen LogP contribution is 2.17. The third-order valence-corrected chi connectivity index (χ3v) is 5.70. The van der Waals surface area contributed by atoms with Crippen molar-refractivity contribution in [1.29, 1.82) is 0 Å². The molecule has 3 rings (SSSR count). The zero-order valence-corrected chi connectivity index (χ0v) is 14.9. The topological polar surface area (TPSA) is 71.5 Å². The maximum absolute atomic E-state index is 12.5. The van der Waals surface area contributed by atoms with Gasteiger partial charge in [-0.05, 0) is 30.5 Å². The summed E-state index contributed by atoms with van der Waals surface area (Å²) < 4.78 is 35.1. The van der Waals surface area contributed by atoms with Crippen molar-refractivity contribution in [3.8, 4) is 0 Å². The van der Waals surface area contributed by atoms with E-state index in [4.69, 9.17) is 4.74 Å². The summed E-state index contributed by atoms with van der Waals surface area (Å²) in [6.07, 6.45) is 3.27. The van der Waals surface area contributed by atoms with Crippen molar-refractivity contribution in [2.24, 2.45) is 0 Å². The minimum absolute atomic E-state index is 0.107. The summed E-state index contributed by atoms with van der Waals surface area (Å²) >= 11 is 0. The van der Waals surface area contributed by atoms with E-state index in [1.807, 2.05) is 48.5 Å². The zero-order valence-electron chi connectivity index (χ0n) is 14.0. The van der Waals surface area contributed by atoms with E-state index in [9.17, 15) is 8.42 Å². The zero-order chi connectivity index (χ0) is 17.5. The molecule has 0 unspecified atom stereocenters. The predicted molar refractivity (Wildman–Crippen MR) is 95.8 cm³/mol. The molecule has 7 heteroatoms. The van der Waals surface area contributed by atoms with Crippen LogP contribution in [0.25, 0.3) is 0 Å². The molecule has 0 saturated carbocycles. The van der Waals surface area contributed by atoms with E-state index in [1.165, 1.54) is 4.31 Å². The highest BCUT2D eigenvalue weighted by Gasteiger charge is 2.29. The monoisotopic (exact) mass is 361 g/mol. The molecule has 1 fully saturated rings. The molecular formula is C18H23N3O3S. The molecule has 0 spiro atoms. The minimum Gasteiger partial charge on any atom is -0.371 e. The molecular weight excluding hydrogens is 338 g/mol. The first-order valence-electron chi connectivity index (χ1n) is 8.44. The van der Waals surface area contributed by atoms with Crippen LogP contribution in [0.1, 0.15) is 24.1 Å². The maximum Gasteiger partial charge on any atom is 0.279 e. The summed E-state index contributed by atoms with van der Waals surface area (Å²) in [5.41, 5.74) is 1.79. The molecule has 1 atom stereocenters. The summed E-state index contributed by atoms with van der Waals surface area (Å²) in [5.74, 6) is 0. The Morgan fingerprint density at radius 2 is 1.96 bits per heavy atom. The molecule has 1 N–H and O–H groups in total. The molecule has 6 nitrogen and oxygen atoms in total. The Labute approximate surface area is 149 Å². The summed E-state index contributed by atoms with van der Waals surface area (Å²) in [5, 5.41) is 0. The van der Waals surface area contributed by atoms with Crippen LogP contribution < -0.4 is 4.72 Å². The normalized spacial score (nSPS) is 19.0. The van der Waals surface area contributed by atoms with E-state index in [2.05, 4.69) is 9.71 Å². The van der Waals surface area contributed by atoms with Crippen LogP contribution in [-0.2, 0) is 28.1 Å². The molecule has 1 aliphatic rings. The van der Waals surface area contributed by atoms with Crippen molar-refractivity contribution >= 4 is 10.2 Å². The second kappa shape index (κ2) is 8.53. The molecule has 134 valence electrons. The fraction of sp³-hybridized carbons (Fsp3) is 0.389. The van der Waals surface area contributed by atoms with Crippen molar-refractivity contribution in [2.75, 3.05) is 13.1 Å². The van der Waals surface area contributed by atoms with E-state index in [1.54, 1.807) is 6.20 Å². The summed E-state index contributed by atoms with van der Waals surface area (Å²) in [7, 11) is -3.51. The lowest BCUT2D eigenvalue weighted by Crippen LogP contribution is -2.47. The summed E-state index contributed by atoms with van der Waals surface area (Å²) in [4.78, 5) is 4.22. The third-order valence-electron chi connectivity index (χ3n) is 4.18. The summed E-state index contributed by atoms with van der Waals surface area (Å²) in [6, 6.07) is 15.2. The first kappa shape index (κ1) is 18.0. The maximum atomic E-state index is 12.5. The number of hydrogen-bond donors (Lipinski definition) is 1. The number of benzene rings is 1. The van der Waals surface area contributed by atoms with E-state index in [0.717, 1.165) is 24.1 Å². The van der Waals surface area contributed by atoms with Crippen molar-refractivity contribution in [3.63, 3.8) is 0 Å². The summed E-state index contributed by atoms with van der Waals surface area (Å²) in [6.45, 7) is 1.58. The molecule has 0 bridgehead atoms.